The van der Waals surface area contributed by atoms with Gasteiger partial charge in [0.15, 0.2) is 5.82 Å². The molecule has 0 radical (unpaired) electrons. The molecular weight excluding hydrogens is 426 g/mol. The van der Waals surface area contributed by atoms with E-state index in [1.54, 1.807) is 0 Å². The number of nitrogens with one attached hydrogen (secondary N) is 1. The Morgan fingerprint density at radius 1 is 1.27 bits per heavy atom. The third kappa shape index (κ3) is 3.33. The summed E-state index contributed by atoms with van der Waals surface area (Å²) in [4.78, 5) is 4.05. The van der Waals surface area contributed by atoms with Gasteiger partial charge in [0.2, 0.25) is 16.0 Å². The van der Waals surface area contributed by atoms with Crippen LogP contribution in [0.4, 0.5) is 23.5 Å². The molecular formula is C18H21F4N5O2S. The average Bonchev–Trinajstić information content (AvgIpc) is 3.56. The molecule has 0 spiro atoms. The Kier molecular flexibility index (Phi) is 4.34. The highest BCUT2D eigenvalue weighted by molar-refractivity contribution is 7.88. The summed E-state index contributed by atoms with van der Waals surface area (Å²) in [6, 6.07) is -0.741. The highest BCUT2D eigenvalue weighted by atomic mass is 32.2. The van der Waals surface area contributed by atoms with Gasteiger partial charge in [0, 0.05) is 25.1 Å². The maximum absolute atomic E-state index is 14.9. The molecule has 0 amide bonds. The Balaban J connectivity index is 1.45. The van der Waals surface area contributed by atoms with Gasteiger partial charge in [0.1, 0.15) is 11.7 Å². The lowest BCUT2D eigenvalue weighted by molar-refractivity contribution is 0.111. The molecule has 5 rings (SSSR count). The van der Waals surface area contributed by atoms with Crippen LogP contribution in [0.1, 0.15) is 48.8 Å². The van der Waals surface area contributed by atoms with Crippen LogP contribution in [0.2, 0.25) is 0 Å². The first kappa shape index (κ1) is 20.0. The van der Waals surface area contributed by atoms with E-state index in [0.717, 1.165) is 23.4 Å². The molecule has 12 heteroatoms. The van der Waals surface area contributed by atoms with Crippen LogP contribution < -0.4 is 5.32 Å². The van der Waals surface area contributed by atoms with Crippen LogP contribution in [-0.4, -0.2) is 64.8 Å². The van der Waals surface area contributed by atoms with Crippen molar-refractivity contribution in [3.8, 4) is 0 Å². The summed E-state index contributed by atoms with van der Waals surface area (Å²) >= 11 is 0. The van der Waals surface area contributed by atoms with Crippen LogP contribution in [0.3, 0.4) is 0 Å². The van der Waals surface area contributed by atoms with Crippen LogP contribution in [0.15, 0.2) is 6.20 Å². The Hall–Kier alpha value is -1.95. The predicted molar refractivity (Wildman–Crippen MR) is 101 cm³/mol. The minimum absolute atomic E-state index is 0.00878. The molecule has 3 fully saturated rings. The number of sulfonamides is 1. The van der Waals surface area contributed by atoms with E-state index in [0.29, 0.717) is 5.56 Å². The van der Waals surface area contributed by atoms with Crippen molar-refractivity contribution in [3.05, 3.63) is 23.3 Å². The highest BCUT2D eigenvalue weighted by Crippen LogP contribution is 2.59. The number of nitrogens with zero attached hydrogens (tertiary/aromatic N) is 4. The van der Waals surface area contributed by atoms with E-state index < -0.39 is 39.9 Å². The first-order valence-corrected chi connectivity index (χ1v) is 11.7. The second kappa shape index (κ2) is 6.52. The smallest absolute Gasteiger partial charge is 0.257 e. The Morgan fingerprint density at radius 2 is 1.97 bits per heavy atom. The molecule has 3 heterocycles. The summed E-state index contributed by atoms with van der Waals surface area (Å²) in [6.45, 7) is -0.148. The molecule has 2 aromatic rings. The van der Waals surface area contributed by atoms with Crippen molar-refractivity contribution in [1.29, 1.82) is 0 Å². The lowest BCUT2D eigenvalue weighted by Gasteiger charge is -2.33. The summed E-state index contributed by atoms with van der Waals surface area (Å²) in [7, 11) is -3.49. The zero-order valence-corrected chi connectivity index (χ0v) is 17.0. The van der Waals surface area contributed by atoms with E-state index in [-0.39, 0.29) is 49.0 Å². The molecule has 3 aliphatic rings. The Labute approximate surface area is 170 Å². The predicted octanol–water partition coefficient (Wildman–Crippen LogP) is 2.65. The normalized spacial score (nSPS) is 29.3. The van der Waals surface area contributed by atoms with Crippen LogP contribution in [-0.2, 0) is 10.0 Å². The maximum Gasteiger partial charge on any atom is 0.257 e. The summed E-state index contributed by atoms with van der Waals surface area (Å²) in [5.74, 6) is -4.62. The number of hydrogen-bond acceptors (Lipinski definition) is 5. The number of rotatable bonds is 5. The zero-order chi connectivity index (χ0) is 21.4. The van der Waals surface area contributed by atoms with E-state index in [4.69, 9.17) is 0 Å². The van der Waals surface area contributed by atoms with Crippen molar-refractivity contribution >= 4 is 21.5 Å². The molecule has 1 saturated heterocycles. The highest BCUT2D eigenvalue weighted by Gasteiger charge is 2.60. The third-order valence-corrected chi connectivity index (χ3v) is 7.40. The Morgan fingerprint density at radius 3 is 2.53 bits per heavy atom. The molecule has 2 saturated carbocycles. The van der Waals surface area contributed by atoms with E-state index in [1.807, 2.05) is 0 Å². The number of alkyl halides is 3. The fourth-order valence-electron chi connectivity index (χ4n) is 4.23. The first-order valence-electron chi connectivity index (χ1n) is 9.87. The van der Waals surface area contributed by atoms with Gasteiger partial charge in [-0.3, -0.25) is 0 Å². The molecule has 30 heavy (non-hydrogen) atoms. The van der Waals surface area contributed by atoms with Gasteiger partial charge >= 0.3 is 0 Å². The Bertz CT molecular complexity index is 1120. The lowest BCUT2D eigenvalue weighted by atomic mass is 10.1. The van der Waals surface area contributed by atoms with E-state index in [9.17, 15) is 26.0 Å². The molecule has 164 valence electrons. The summed E-state index contributed by atoms with van der Waals surface area (Å²) in [5, 5.41) is 7.04. The van der Waals surface area contributed by atoms with Gasteiger partial charge in [-0.25, -0.2) is 35.5 Å². The van der Waals surface area contributed by atoms with Gasteiger partial charge in [-0.2, -0.15) is 4.31 Å². The molecule has 2 aromatic heterocycles. The molecule has 1 aliphatic heterocycles. The molecule has 0 bridgehead atoms. The van der Waals surface area contributed by atoms with Gasteiger partial charge in [-0.15, -0.1) is 5.10 Å². The third-order valence-electron chi connectivity index (χ3n) is 6.13. The topological polar surface area (TPSA) is 79.6 Å². The van der Waals surface area contributed by atoms with Gasteiger partial charge in [0.05, 0.1) is 30.1 Å². The van der Waals surface area contributed by atoms with E-state index >= 15 is 0 Å². The second-order valence-corrected chi connectivity index (χ2v) is 10.4. The second-order valence-electron chi connectivity index (χ2n) is 8.46. The van der Waals surface area contributed by atoms with Crippen LogP contribution >= 0.6 is 0 Å². The number of aromatic nitrogens is 3. The van der Waals surface area contributed by atoms with Gasteiger partial charge < -0.3 is 5.32 Å². The number of anilines is 1. The molecule has 1 unspecified atom stereocenters. The lowest BCUT2D eigenvalue weighted by Crippen LogP contribution is -2.49. The van der Waals surface area contributed by atoms with Crippen molar-refractivity contribution < 1.29 is 26.0 Å². The van der Waals surface area contributed by atoms with Crippen molar-refractivity contribution in [2.45, 2.75) is 55.7 Å². The number of halogens is 4. The molecule has 0 aromatic carbocycles. The minimum atomic E-state index is -3.49. The first-order chi connectivity index (χ1) is 14.1. The zero-order valence-electron chi connectivity index (χ0n) is 16.2. The largest absolute Gasteiger partial charge is 0.347 e. The van der Waals surface area contributed by atoms with Crippen LogP contribution in [0, 0.1) is 5.82 Å². The van der Waals surface area contributed by atoms with E-state index in [1.165, 1.54) is 10.7 Å². The SMILES string of the molecule is CS(=O)(=O)N1CC[C@@H](Nc2ncc3c(F)c(C4CC4)c(C4CC4(F)F)n3n2)[C@H](F)C1. The summed E-state index contributed by atoms with van der Waals surface area (Å²) < 4.78 is 82.6. The molecule has 7 nitrogen and oxygen atoms in total. The number of fused-ring (bicyclic) bond motifs is 1. The van der Waals surface area contributed by atoms with Gasteiger partial charge in [0.25, 0.3) is 5.92 Å². The van der Waals surface area contributed by atoms with E-state index in [2.05, 4.69) is 15.4 Å². The van der Waals surface area contributed by atoms with Crippen molar-refractivity contribution in [1.82, 2.24) is 18.9 Å². The average molecular weight is 447 g/mol. The van der Waals surface area contributed by atoms with Gasteiger partial charge in [-0.1, -0.05) is 0 Å². The van der Waals surface area contributed by atoms with Crippen LogP contribution in [0.5, 0.6) is 0 Å². The van der Waals surface area contributed by atoms with Crippen molar-refractivity contribution in [2.75, 3.05) is 24.7 Å². The molecule has 1 N–H and O–H groups in total. The maximum atomic E-state index is 14.9. The minimum Gasteiger partial charge on any atom is -0.347 e. The number of hydrogen-bond donors (Lipinski definition) is 1. The standard InChI is InChI=1S/C18H21F4N5O2S/c1-30(28,29)26-5-4-12(11(19)8-26)24-17-23-7-13-15(20)14(9-2-3-9)16(27(13)25-17)10-6-18(10,21)22/h7,9-12H,2-6,8H2,1H3,(H,24,25)/t10?,11-,12-/m1/s1. The summed E-state index contributed by atoms with van der Waals surface area (Å²) in [5.41, 5.74) is 0.515. The van der Waals surface area contributed by atoms with Crippen molar-refractivity contribution in [2.24, 2.45) is 0 Å². The quantitative estimate of drug-likeness (QED) is 0.713. The van der Waals surface area contributed by atoms with Gasteiger partial charge in [-0.05, 0) is 25.2 Å². The monoisotopic (exact) mass is 447 g/mol. The van der Waals surface area contributed by atoms with Crippen molar-refractivity contribution in [3.63, 3.8) is 0 Å². The van der Waals surface area contributed by atoms with Crippen LogP contribution in [0.25, 0.3) is 5.52 Å². The fourth-order valence-corrected chi connectivity index (χ4v) is 5.08. The number of piperidine rings is 1. The fraction of sp³-hybridized carbons (Fsp3) is 0.667. The summed E-state index contributed by atoms with van der Waals surface area (Å²) in [6.07, 6.45) is 2.10. The molecule has 2 aliphatic carbocycles. The molecule has 3 atom stereocenters.